The van der Waals surface area contributed by atoms with Gasteiger partial charge in [-0.2, -0.15) is 0 Å². The van der Waals surface area contributed by atoms with Gasteiger partial charge in [0.25, 0.3) is 0 Å². The molecule has 14 heteroatoms. The first-order valence-electron chi connectivity index (χ1n) is 20.8. The van der Waals surface area contributed by atoms with E-state index in [0.717, 1.165) is 92.3 Å². The lowest BCUT2D eigenvalue weighted by molar-refractivity contribution is -0.136. The van der Waals surface area contributed by atoms with Crippen molar-refractivity contribution < 1.29 is 28.7 Å². The number of aromatic amines is 2. The van der Waals surface area contributed by atoms with Gasteiger partial charge >= 0.3 is 12.2 Å². The fraction of sp³-hybridized carbons (Fsp3) is 0.391. The summed E-state index contributed by atoms with van der Waals surface area (Å²) in [5, 5.41) is 9.68. The predicted molar refractivity (Wildman–Crippen MR) is 230 cm³/mol. The molecule has 4 aromatic carbocycles. The minimum atomic E-state index is -0.712. The summed E-state index contributed by atoms with van der Waals surface area (Å²) in [5.41, 5.74) is 5.73. The Labute approximate surface area is 348 Å². The molecule has 1 unspecified atom stereocenters. The van der Waals surface area contributed by atoms with Gasteiger partial charge in [0, 0.05) is 23.9 Å². The van der Waals surface area contributed by atoms with E-state index in [2.05, 4.69) is 75.2 Å². The van der Waals surface area contributed by atoms with Gasteiger partial charge in [-0.1, -0.05) is 88.4 Å². The largest absolute Gasteiger partial charge is 0.453 e. The standard InChI is InChI=1S/C46H52N8O6/c1-25(2)37(51-45(57)59-5)43(55)53-21-9-13-35(53)41-47-24-34(48-41)28-17-15-27(16-18-28)29-19-20-32-33(23-29)30-11-7-8-12-31(30)39-40(32)50-42(49-39)36-14-10-22-54(36)44(56)38(26(3)4)52-46(58)60-6/h7-8,11-12,15-20,23-26,35-38H,9-10,13-14,21-22H2,1-6H3,(H,47,48)(H,49,50)(H,51,57)(H,52,58)/t35-,36-,37?,38-/m0/s1. The van der Waals surface area contributed by atoms with E-state index in [1.165, 1.54) is 14.2 Å². The monoisotopic (exact) mass is 812 g/mol. The van der Waals surface area contributed by atoms with Crippen molar-refractivity contribution in [2.24, 2.45) is 11.8 Å². The number of hydrogen-bond acceptors (Lipinski definition) is 8. The van der Waals surface area contributed by atoms with Gasteiger partial charge in [-0.25, -0.2) is 19.6 Å². The summed E-state index contributed by atoms with van der Waals surface area (Å²) in [4.78, 5) is 72.3. The number of amides is 4. The molecule has 2 aromatic heterocycles. The van der Waals surface area contributed by atoms with Crippen molar-refractivity contribution in [3.8, 4) is 22.4 Å². The molecule has 14 nitrogen and oxygen atoms in total. The first-order valence-corrected chi connectivity index (χ1v) is 20.8. The first kappa shape index (κ1) is 40.3. The number of carbonyl (C=O) groups excluding carboxylic acids is 4. The number of H-pyrrole nitrogens is 2. The highest BCUT2D eigenvalue weighted by atomic mass is 16.5. The van der Waals surface area contributed by atoms with E-state index in [9.17, 15) is 19.2 Å². The highest BCUT2D eigenvalue weighted by Crippen LogP contribution is 2.40. The van der Waals surface area contributed by atoms with Crippen LogP contribution in [0.25, 0.3) is 55.0 Å². The van der Waals surface area contributed by atoms with Crippen molar-refractivity contribution in [3.05, 3.63) is 84.6 Å². The minimum Gasteiger partial charge on any atom is -0.453 e. The Morgan fingerprint density at radius 2 is 1.22 bits per heavy atom. The zero-order valence-electron chi connectivity index (χ0n) is 34.9. The van der Waals surface area contributed by atoms with Crippen molar-refractivity contribution in [1.82, 2.24) is 40.4 Å². The molecule has 8 rings (SSSR count). The molecule has 0 bridgehead atoms. The molecule has 4 N–H and O–H groups in total. The Morgan fingerprint density at radius 3 is 1.80 bits per heavy atom. The molecule has 2 fully saturated rings. The fourth-order valence-corrected chi connectivity index (χ4v) is 8.91. The number of nitrogens with zero attached hydrogens (tertiary/aromatic N) is 4. The summed E-state index contributed by atoms with van der Waals surface area (Å²) in [6, 6.07) is 21.3. The van der Waals surface area contributed by atoms with Crippen LogP contribution in [0.3, 0.4) is 0 Å². The van der Waals surface area contributed by atoms with Crippen molar-refractivity contribution in [3.63, 3.8) is 0 Å². The molecule has 312 valence electrons. The van der Waals surface area contributed by atoms with E-state index in [1.54, 1.807) is 0 Å². The molecule has 2 aliphatic heterocycles. The maximum Gasteiger partial charge on any atom is 0.407 e. The van der Waals surface area contributed by atoms with Gasteiger partial charge in [-0.3, -0.25) is 9.59 Å². The van der Waals surface area contributed by atoms with Crippen LogP contribution in [0.1, 0.15) is 77.1 Å². The quantitative estimate of drug-likeness (QED) is 0.101. The number of aromatic nitrogens is 4. The number of methoxy groups -OCH3 is 2. The van der Waals surface area contributed by atoms with Gasteiger partial charge in [0.1, 0.15) is 23.7 Å². The van der Waals surface area contributed by atoms with Gasteiger partial charge in [0.15, 0.2) is 0 Å². The molecule has 2 saturated heterocycles. The SMILES string of the molecule is COC(=O)NC(C(=O)N1CCC[C@H]1c1ncc(-c2ccc(-c3ccc4c(c3)c3ccccc3c3nc([C@@H]5CCCN5C(=O)[C@@H](NC(=O)OC)C(C)C)[nH]c43)cc2)[nH]1)C(C)C. The molecule has 0 aliphatic carbocycles. The molecule has 4 atom stereocenters. The second-order valence-corrected chi connectivity index (χ2v) is 16.5. The molecule has 6 aromatic rings. The molecule has 0 spiro atoms. The van der Waals surface area contributed by atoms with E-state index in [0.29, 0.717) is 13.1 Å². The van der Waals surface area contributed by atoms with Crippen LogP contribution >= 0.6 is 0 Å². The lowest BCUT2D eigenvalue weighted by atomic mass is 9.95. The highest BCUT2D eigenvalue weighted by Gasteiger charge is 2.39. The summed E-state index contributed by atoms with van der Waals surface area (Å²) >= 11 is 0. The van der Waals surface area contributed by atoms with Gasteiger partial charge in [-0.05, 0) is 71.0 Å². The van der Waals surface area contributed by atoms with Crippen LogP contribution in [0.2, 0.25) is 0 Å². The number of fused-ring (bicyclic) bond motifs is 6. The van der Waals surface area contributed by atoms with Gasteiger partial charge in [0.05, 0.1) is 49.2 Å². The number of carbonyl (C=O) groups is 4. The number of imidazole rings is 2. The molecule has 4 heterocycles. The normalized spacial score (nSPS) is 17.8. The number of likely N-dealkylation sites (tertiary alicyclic amines) is 2. The Hall–Kier alpha value is -6.44. The summed E-state index contributed by atoms with van der Waals surface area (Å²) in [7, 11) is 2.59. The Bertz CT molecular complexity index is 2580. The lowest BCUT2D eigenvalue weighted by Gasteiger charge is -2.30. The van der Waals surface area contributed by atoms with Gasteiger partial charge < -0.3 is 39.9 Å². The zero-order chi connectivity index (χ0) is 42.2. The van der Waals surface area contributed by atoms with Crippen molar-refractivity contribution >= 4 is 56.6 Å². The molecule has 0 saturated carbocycles. The average Bonchev–Trinajstić information content (AvgIpc) is 4.10. The number of rotatable bonds is 10. The maximum atomic E-state index is 13.9. The second-order valence-electron chi connectivity index (χ2n) is 16.5. The minimum absolute atomic E-state index is 0.112. The average molecular weight is 813 g/mol. The summed E-state index contributed by atoms with van der Waals surface area (Å²) in [6.07, 6.45) is 3.77. The van der Waals surface area contributed by atoms with Crippen LogP contribution in [0.5, 0.6) is 0 Å². The number of hydrogen-bond donors (Lipinski definition) is 4. The van der Waals surface area contributed by atoms with Crippen LogP contribution in [0.4, 0.5) is 9.59 Å². The topological polar surface area (TPSA) is 175 Å². The number of nitrogens with one attached hydrogen (secondary N) is 4. The van der Waals surface area contributed by atoms with Crippen LogP contribution in [-0.4, -0.2) is 93.1 Å². The van der Waals surface area contributed by atoms with Crippen molar-refractivity contribution in [1.29, 1.82) is 0 Å². The van der Waals surface area contributed by atoms with E-state index in [1.807, 2.05) is 55.8 Å². The molecule has 2 aliphatic rings. The van der Waals surface area contributed by atoms with Crippen LogP contribution in [0, 0.1) is 11.8 Å². The Morgan fingerprint density at radius 1 is 0.667 bits per heavy atom. The highest BCUT2D eigenvalue weighted by molar-refractivity contribution is 6.23. The van der Waals surface area contributed by atoms with E-state index < -0.39 is 24.3 Å². The van der Waals surface area contributed by atoms with E-state index in [4.69, 9.17) is 19.4 Å². The molecule has 4 amide bonds. The summed E-state index contributed by atoms with van der Waals surface area (Å²) < 4.78 is 9.60. The molecule has 0 radical (unpaired) electrons. The number of alkyl carbamates (subject to hydrolysis) is 2. The van der Waals surface area contributed by atoms with Crippen LogP contribution in [-0.2, 0) is 19.1 Å². The third kappa shape index (κ3) is 7.50. The third-order valence-corrected chi connectivity index (χ3v) is 12.1. The fourth-order valence-electron chi connectivity index (χ4n) is 8.91. The Balaban J connectivity index is 1.06. The summed E-state index contributed by atoms with van der Waals surface area (Å²) in [6.45, 7) is 8.80. The van der Waals surface area contributed by atoms with E-state index in [-0.39, 0.29) is 35.7 Å². The first-order chi connectivity index (χ1) is 29.0. The molecule has 60 heavy (non-hydrogen) atoms. The van der Waals surface area contributed by atoms with Crippen molar-refractivity contribution in [2.75, 3.05) is 27.3 Å². The zero-order valence-corrected chi connectivity index (χ0v) is 34.9. The summed E-state index contributed by atoms with van der Waals surface area (Å²) in [5.74, 6) is 0.931. The maximum absolute atomic E-state index is 13.9. The van der Waals surface area contributed by atoms with Gasteiger partial charge in [-0.15, -0.1) is 0 Å². The van der Waals surface area contributed by atoms with Gasteiger partial charge in [0.2, 0.25) is 11.8 Å². The second kappa shape index (κ2) is 16.7. The lowest BCUT2D eigenvalue weighted by Crippen LogP contribution is -2.51. The molecular formula is C46H52N8O6. The molecular weight excluding hydrogens is 761 g/mol. The smallest absolute Gasteiger partial charge is 0.407 e. The van der Waals surface area contributed by atoms with Crippen LogP contribution in [0.15, 0.2) is 72.9 Å². The van der Waals surface area contributed by atoms with Crippen LogP contribution < -0.4 is 10.6 Å². The Kier molecular flexibility index (Phi) is 11.2. The van der Waals surface area contributed by atoms with E-state index >= 15 is 0 Å². The van der Waals surface area contributed by atoms with Crippen molar-refractivity contribution in [2.45, 2.75) is 77.5 Å². The third-order valence-electron chi connectivity index (χ3n) is 12.1. The predicted octanol–water partition coefficient (Wildman–Crippen LogP) is 8.01. The number of benzene rings is 4. The number of ether oxygens (including phenoxy) is 2.